The van der Waals surface area contributed by atoms with Crippen LogP contribution in [0.2, 0.25) is 0 Å². The third kappa shape index (κ3) is 10.0. The van der Waals surface area contributed by atoms with Gasteiger partial charge in [-0.1, -0.05) is 12.1 Å². The van der Waals surface area contributed by atoms with Gasteiger partial charge in [-0.15, -0.1) is 24.0 Å². The molecule has 1 aliphatic heterocycles. The average molecular weight is 524 g/mol. The van der Waals surface area contributed by atoms with E-state index >= 15 is 0 Å². The zero-order valence-electron chi connectivity index (χ0n) is 17.4. The highest BCUT2D eigenvalue weighted by molar-refractivity contribution is 14.0. The van der Waals surface area contributed by atoms with Crippen molar-refractivity contribution in [2.75, 3.05) is 73.4 Å². The standard InChI is InChI=1S/C20H33FN4O3.HI/c1-22-20(23-8-3-11-27-15-14-26-2)24-16-19(25-9-12-28-13-10-25)17-4-6-18(21)7-5-17;/h4-7,19H,3,8-16H2,1-2H3,(H2,22,23,24);1H. The molecular weight excluding hydrogens is 490 g/mol. The number of ether oxygens (including phenoxy) is 3. The highest BCUT2D eigenvalue weighted by Gasteiger charge is 2.23. The summed E-state index contributed by atoms with van der Waals surface area (Å²) < 4.78 is 29.2. The van der Waals surface area contributed by atoms with Crippen molar-refractivity contribution < 1.29 is 18.6 Å². The molecule has 0 saturated carbocycles. The summed E-state index contributed by atoms with van der Waals surface area (Å²) in [5.74, 6) is 0.528. The Bertz CT molecular complexity index is 571. The van der Waals surface area contributed by atoms with Gasteiger partial charge in [0.05, 0.1) is 32.5 Å². The summed E-state index contributed by atoms with van der Waals surface area (Å²) in [6.07, 6.45) is 0.884. The van der Waals surface area contributed by atoms with Gasteiger partial charge in [-0.2, -0.15) is 0 Å². The van der Waals surface area contributed by atoms with Crippen LogP contribution >= 0.6 is 24.0 Å². The van der Waals surface area contributed by atoms with Gasteiger partial charge in [-0.05, 0) is 24.1 Å². The van der Waals surface area contributed by atoms with Crippen molar-refractivity contribution >= 4 is 29.9 Å². The van der Waals surface area contributed by atoms with E-state index in [1.165, 1.54) is 12.1 Å². The quantitative estimate of drug-likeness (QED) is 0.200. The molecule has 0 radical (unpaired) electrons. The van der Waals surface area contributed by atoms with Gasteiger partial charge in [0.1, 0.15) is 5.82 Å². The molecule has 1 atom stereocenters. The number of rotatable bonds is 11. The Morgan fingerprint density at radius 1 is 1.17 bits per heavy atom. The summed E-state index contributed by atoms with van der Waals surface area (Å²) in [5.41, 5.74) is 1.08. The van der Waals surface area contributed by atoms with E-state index in [1.807, 2.05) is 12.1 Å². The van der Waals surface area contributed by atoms with Gasteiger partial charge in [0.2, 0.25) is 0 Å². The van der Waals surface area contributed by atoms with Gasteiger partial charge in [-0.3, -0.25) is 9.89 Å². The lowest BCUT2D eigenvalue weighted by Gasteiger charge is -2.35. The van der Waals surface area contributed by atoms with Crippen LogP contribution in [0.4, 0.5) is 4.39 Å². The second kappa shape index (κ2) is 15.8. The van der Waals surface area contributed by atoms with E-state index in [9.17, 15) is 4.39 Å². The highest BCUT2D eigenvalue weighted by Crippen LogP contribution is 2.21. The first-order valence-corrected chi connectivity index (χ1v) is 9.83. The minimum absolute atomic E-state index is 0. The fourth-order valence-corrected chi connectivity index (χ4v) is 3.07. The van der Waals surface area contributed by atoms with Crippen molar-refractivity contribution in [3.63, 3.8) is 0 Å². The SMILES string of the molecule is CN=C(NCCCOCCOC)NCC(c1ccc(F)cc1)N1CCOCC1.I. The Morgan fingerprint density at radius 2 is 1.90 bits per heavy atom. The van der Waals surface area contributed by atoms with Gasteiger partial charge in [0, 0.05) is 46.9 Å². The monoisotopic (exact) mass is 524 g/mol. The van der Waals surface area contributed by atoms with Crippen molar-refractivity contribution in [1.82, 2.24) is 15.5 Å². The van der Waals surface area contributed by atoms with Crippen molar-refractivity contribution in [2.24, 2.45) is 4.99 Å². The third-order valence-corrected chi connectivity index (χ3v) is 4.62. The molecule has 1 unspecified atom stereocenters. The summed E-state index contributed by atoms with van der Waals surface area (Å²) in [6.45, 7) is 6.50. The molecule has 2 N–H and O–H groups in total. The zero-order chi connectivity index (χ0) is 20.0. The zero-order valence-corrected chi connectivity index (χ0v) is 19.7. The number of hydrogen-bond acceptors (Lipinski definition) is 5. The molecule has 0 bridgehead atoms. The van der Waals surface area contributed by atoms with Crippen LogP contribution in [0.3, 0.4) is 0 Å². The fourth-order valence-electron chi connectivity index (χ4n) is 3.07. The predicted molar refractivity (Wildman–Crippen MR) is 124 cm³/mol. The maximum Gasteiger partial charge on any atom is 0.191 e. The van der Waals surface area contributed by atoms with Gasteiger partial charge < -0.3 is 24.8 Å². The molecule has 1 saturated heterocycles. The number of methoxy groups -OCH3 is 1. The summed E-state index contributed by atoms with van der Waals surface area (Å²) in [4.78, 5) is 6.65. The van der Waals surface area contributed by atoms with Crippen LogP contribution in [-0.4, -0.2) is 84.2 Å². The Kier molecular flexibility index (Phi) is 14.2. The molecule has 7 nitrogen and oxygen atoms in total. The van der Waals surface area contributed by atoms with Gasteiger partial charge in [-0.25, -0.2) is 4.39 Å². The highest BCUT2D eigenvalue weighted by atomic mass is 127. The number of morpholine rings is 1. The number of aliphatic imine (C=N–C) groups is 1. The summed E-state index contributed by atoms with van der Waals surface area (Å²) in [7, 11) is 3.42. The maximum absolute atomic E-state index is 13.3. The van der Waals surface area contributed by atoms with Crippen LogP contribution in [0, 0.1) is 5.82 Å². The van der Waals surface area contributed by atoms with E-state index < -0.39 is 0 Å². The first-order chi connectivity index (χ1) is 13.7. The molecule has 0 amide bonds. The average Bonchev–Trinajstić information content (AvgIpc) is 2.73. The first kappa shape index (κ1) is 26.0. The normalized spacial score (nSPS) is 16.2. The largest absolute Gasteiger partial charge is 0.382 e. The number of hydrogen-bond donors (Lipinski definition) is 2. The second-order valence-corrected chi connectivity index (χ2v) is 6.55. The molecule has 9 heteroatoms. The molecule has 1 aliphatic rings. The second-order valence-electron chi connectivity index (χ2n) is 6.55. The molecule has 0 aliphatic carbocycles. The number of benzene rings is 1. The Balaban J connectivity index is 0.00000420. The Labute approximate surface area is 190 Å². The number of nitrogens with zero attached hydrogens (tertiary/aromatic N) is 2. The topological polar surface area (TPSA) is 67.4 Å². The van der Waals surface area contributed by atoms with E-state index in [1.54, 1.807) is 14.2 Å². The Hall–Kier alpha value is -1.01. The van der Waals surface area contributed by atoms with E-state index in [0.29, 0.717) is 39.6 Å². The van der Waals surface area contributed by atoms with Crippen LogP contribution in [0.5, 0.6) is 0 Å². The predicted octanol–water partition coefficient (Wildman–Crippen LogP) is 2.04. The number of halogens is 2. The van der Waals surface area contributed by atoms with Crippen LogP contribution in [0.15, 0.2) is 29.3 Å². The van der Waals surface area contributed by atoms with E-state index in [-0.39, 0.29) is 35.8 Å². The molecule has 29 heavy (non-hydrogen) atoms. The summed E-state index contributed by atoms with van der Waals surface area (Å²) >= 11 is 0. The van der Waals surface area contributed by atoms with Gasteiger partial charge in [0.25, 0.3) is 0 Å². The minimum Gasteiger partial charge on any atom is -0.382 e. The lowest BCUT2D eigenvalue weighted by atomic mass is 10.0. The van der Waals surface area contributed by atoms with Crippen molar-refractivity contribution in [3.05, 3.63) is 35.6 Å². The molecule has 1 aromatic rings. The molecule has 1 aromatic carbocycles. The van der Waals surface area contributed by atoms with E-state index in [4.69, 9.17) is 14.2 Å². The summed E-state index contributed by atoms with van der Waals surface area (Å²) in [5, 5.41) is 6.70. The minimum atomic E-state index is -0.220. The molecule has 166 valence electrons. The van der Waals surface area contributed by atoms with Crippen LogP contribution in [0.25, 0.3) is 0 Å². The fraction of sp³-hybridized carbons (Fsp3) is 0.650. The molecule has 0 aromatic heterocycles. The first-order valence-electron chi connectivity index (χ1n) is 9.83. The van der Waals surface area contributed by atoms with Crippen molar-refractivity contribution in [3.8, 4) is 0 Å². The molecule has 1 fully saturated rings. The van der Waals surface area contributed by atoms with Crippen LogP contribution in [-0.2, 0) is 14.2 Å². The van der Waals surface area contributed by atoms with Crippen molar-refractivity contribution in [2.45, 2.75) is 12.5 Å². The van der Waals surface area contributed by atoms with Crippen LogP contribution < -0.4 is 10.6 Å². The molecule has 2 rings (SSSR count). The smallest absolute Gasteiger partial charge is 0.191 e. The van der Waals surface area contributed by atoms with Gasteiger partial charge in [0.15, 0.2) is 5.96 Å². The lowest BCUT2D eigenvalue weighted by Crippen LogP contribution is -2.46. The number of nitrogens with one attached hydrogen (secondary N) is 2. The van der Waals surface area contributed by atoms with Crippen molar-refractivity contribution in [1.29, 1.82) is 0 Å². The molecular formula is C20H34FIN4O3. The number of guanidine groups is 1. The van der Waals surface area contributed by atoms with E-state index in [2.05, 4.69) is 20.5 Å². The maximum atomic E-state index is 13.3. The lowest BCUT2D eigenvalue weighted by molar-refractivity contribution is 0.0170. The van der Waals surface area contributed by atoms with Crippen LogP contribution in [0.1, 0.15) is 18.0 Å². The molecule has 1 heterocycles. The van der Waals surface area contributed by atoms with Gasteiger partial charge >= 0.3 is 0 Å². The van der Waals surface area contributed by atoms with E-state index in [0.717, 1.165) is 37.6 Å². The molecule has 0 spiro atoms. The summed E-state index contributed by atoms with van der Waals surface area (Å²) in [6, 6.07) is 6.86. The Morgan fingerprint density at radius 3 is 2.55 bits per heavy atom. The third-order valence-electron chi connectivity index (χ3n) is 4.62.